The Kier molecular flexibility index (Phi) is 4.59. The summed E-state index contributed by atoms with van der Waals surface area (Å²) in [5, 5.41) is 5.91. The fourth-order valence-corrected chi connectivity index (χ4v) is 2.67. The van der Waals surface area contributed by atoms with E-state index in [9.17, 15) is 4.79 Å². The van der Waals surface area contributed by atoms with Crippen LogP contribution in [-0.4, -0.2) is 15.9 Å². The zero-order chi connectivity index (χ0) is 16.1. The van der Waals surface area contributed by atoms with Crippen molar-refractivity contribution in [3.63, 3.8) is 0 Å². The summed E-state index contributed by atoms with van der Waals surface area (Å²) in [4.78, 5) is 20.3. The largest absolute Gasteiger partial charge is 0.323 e. The number of hydrogen-bond acceptors (Lipinski definition) is 4. The maximum atomic E-state index is 11.9. The highest BCUT2D eigenvalue weighted by Crippen LogP contribution is 2.23. The fraction of sp³-hybridized carbons (Fsp3) is 0.0556. The molecule has 0 saturated heterocycles. The van der Waals surface area contributed by atoms with Crippen molar-refractivity contribution < 1.29 is 4.79 Å². The van der Waals surface area contributed by atoms with Gasteiger partial charge in [0.05, 0.1) is 10.7 Å². The van der Waals surface area contributed by atoms with Crippen molar-refractivity contribution in [1.29, 1.82) is 0 Å². The molecule has 3 aromatic rings. The second kappa shape index (κ2) is 6.98. The Morgan fingerprint density at radius 3 is 2.52 bits per heavy atom. The van der Waals surface area contributed by atoms with Gasteiger partial charge in [0.25, 0.3) is 0 Å². The van der Waals surface area contributed by atoms with Crippen molar-refractivity contribution in [3.8, 4) is 11.3 Å². The SMILES string of the molecule is Cc1nc(-c2ccc(NC(=O)/C=C/c3ccncc3)cc2)cs1. The maximum absolute atomic E-state index is 11.9. The van der Waals surface area contributed by atoms with E-state index >= 15 is 0 Å². The first kappa shape index (κ1) is 15.1. The van der Waals surface area contributed by atoms with E-state index in [2.05, 4.69) is 15.3 Å². The molecule has 114 valence electrons. The lowest BCUT2D eigenvalue weighted by molar-refractivity contribution is -0.111. The van der Waals surface area contributed by atoms with Gasteiger partial charge in [0.15, 0.2) is 0 Å². The highest BCUT2D eigenvalue weighted by molar-refractivity contribution is 7.09. The molecule has 2 heterocycles. The van der Waals surface area contributed by atoms with Crippen LogP contribution in [-0.2, 0) is 4.79 Å². The van der Waals surface area contributed by atoms with E-state index in [4.69, 9.17) is 0 Å². The van der Waals surface area contributed by atoms with Crippen LogP contribution in [0.15, 0.2) is 60.2 Å². The predicted octanol–water partition coefficient (Wildman–Crippen LogP) is 4.17. The normalized spacial score (nSPS) is 10.8. The van der Waals surface area contributed by atoms with E-state index in [-0.39, 0.29) is 5.91 Å². The van der Waals surface area contributed by atoms with Gasteiger partial charge >= 0.3 is 0 Å². The van der Waals surface area contributed by atoms with E-state index < -0.39 is 0 Å². The molecule has 0 aliphatic rings. The van der Waals surface area contributed by atoms with Crippen molar-refractivity contribution in [1.82, 2.24) is 9.97 Å². The molecule has 23 heavy (non-hydrogen) atoms. The molecule has 0 spiro atoms. The number of carbonyl (C=O) groups excluding carboxylic acids is 1. The number of hydrogen-bond donors (Lipinski definition) is 1. The van der Waals surface area contributed by atoms with E-state index in [1.54, 1.807) is 29.8 Å². The monoisotopic (exact) mass is 321 g/mol. The number of benzene rings is 1. The molecule has 0 radical (unpaired) electrons. The lowest BCUT2D eigenvalue weighted by atomic mass is 10.1. The van der Waals surface area contributed by atoms with Gasteiger partial charge in [0, 0.05) is 35.1 Å². The number of nitrogens with one attached hydrogen (secondary N) is 1. The molecule has 0 saturated carbocycles. The lowest BCUT2D eigenvalue weighted by Crippen LogP contribution is -2.07. The number of carbonyl (C=O) groups is 1. The van der Waals surface area contributed by atoms with E-state index in [1.165, 1.54) is 6.08 Å². The summed E-state index contributed by atoms with van der Waals surface area (Å²) >= 11 is 1.62. The van der Waals surface area contributed by atoms with Crippen molar-refractivity contribution in [3.05, 3.63) is 70.8 Å². The van der Waals surface area contributed by atoms with Gasteiger partial charge in [-0.25, -0.2) is 4.98 Å². The first-order valence-corrected chi connectivity index (χ1v) is 8.00. The zero-order valence-electron chi connectivity index (χ0n) is 12.6. The van der Waals surface area contributed by atoms with E-state index in [1.807, 2.05) is 48.7 Å². The van der Waals surface area contributed by atoms with Gasteiger partial charge in [-0.2, -0.15) is 0 Å². The zero-order valence-corrected chi connectivity index (χ0v) is 13.4. The molecule has 5 heteroatoms. The number of rotatable bonds is 4. The smallest absolute Gasteiger partial charge is 0.248 e. The summed E-state index contributed by atoms with van der Waals surface area (Å²) < 4.78 is 0. The predicted molar refractivity (Wildman–Crippen MR) is 94.2 cm³/mol. The van der Waals surface area contributed by atoms with Crippen molar-refractivity contribution >= 4 is 29.0 Å². The van der Waals surface area contributed by atoms with Crippen LogP contribution in [0.5, 0.6) is 0 Å². The maximum Gasteiger partial charge on any atom is 0.248 e. The number of thiazole rings is 1. The molecule has 0 aliphatic carbocycles. The molecule has 0 fully saturated rings. The topological polar surface area (TPSA) is 54.9 Å². The summed E-state index contributed by atoms with van der Waals surface area (Å²) in [7, 11) is 0. The molecule has 0 atom stereocenters. The molecule has 3 rings (SSSR count). The molecule has 1 amide bonds. The number of pyridine rings is 1. The van der Waals surface area contributed by atoms with Gasteiger partial charge in [-0.3, -0.25) is 9.78 Å². The molecule has 0 bridgehead atoms. The van der Waals surface area contributed by atoms with Crippen molar-refractivity contribution in [2.24, 2.45) is 0 Å². The van der Waals surface area contributed by atoms with Crippen LogP contribution < -0.4 is 5.32 Å². The molecule has 2 aromatic heterocycles. The van der Waals surface area contributed by atoms with Gasteiger partial charge in [-0.1, -0.05) is 12.1 Å². The Morgan fingerprint density at radius 2 is 1.87 bits per heavy atom. The van der Waals surface area contributed by atoms with Gasteiger partial charge in [-0.05, 0) is 42.8 Å². The summed E-state index contributed by atoms with van der Waals surface area (Å²) in [6.45, 7) is 1.98. The number of aryl methyl sites for hydroxylation is 1. The summed E-state index contributed by atoms with van der Waals surface area (Å²) in [6, 6.07) is 11.3. The quantitative estimate of drug-likeness (QED) is 0.734. The Morgan fingerprint density at radius 1 is 1.13 bits per heavy atom. The van der Waals surface area contributed by atoms with Gasteiger partial charge in [-0.15, -0.1) is 11.3 Å². The van der Waals surface area contributed by atoms with Crippen LogP contribution in [0.1, 0.15) is 10.6 Å². The number of aromatic nitrogens is 2. The van der Waals surface area contributed by atoms with Crippen LogP contribution in [0.3, 0.4) is 0 Å². The third-order valence-corrected chi connectivity index (χ3v) is 3.97. The third-order valence-electron chi connectivity index (χ3n) is 3.20. The van der Waals surface area contributed by atoms with Crippen molar-refractivity contribution in [2.75, 3.05) is 5.32 Å². The Labute approximate surface area is 138 Å². The average molecular weight is 321 g/mol. The average Bonchev–Trinajstić information content (AvgIpc) is 3.01. The van der Waals surface area contributed by atoms with Crippen LogP contribution in [0.4, 0.5) is 5.69 Å². The van der Waals surface area contributed by atoms with E-state index in [0.29, 0.717) is 0 Å². The van der Waals surface area contributed by atoms with E-state index in [0.717, 1.165) is 27.5 Å². The van der Waals surface area contributed by atoms with Crippen LogP contribution in [0.2, 0.25) is 0 Å². The van der Waals surface area contributed by atoms with Crippen LogP contribution >= 0.6 is 11.3 Å². The Hall–Kier alpha value is -2.79. The summed E-state index contributed by atoms with van der Waals surface area (Å²) in [6.07, 6.45) is 6.64. The van der Waals surface area contributed by atoms with Gasteiger partial charge in [0.1, 0.15) is 0 Å². The minimum atomic E-state index is -0.168. The number of anilines is 1. The summed E-state index contributed by atoms with van der Waals surface area (Å²) in [5.41, 5.74) is 3.69. The Bertz CT molecular complexity index is 823. The molecular weight excluding hydrogens is 306 g/mol. The van der Waals surface area contributed by atoms with Crippen LogP contribution in [0, 0.1) is 6.92 Å². The third kappa shape index (κ3) is 4.11. The first-order valence-electron chi connectivity index (χ1n) is 7.12. The lowest BCUT2D eigenvalue weighted by Gasteiger charge is -2.03. The highest BCUT2D eigenvalue weighted by atomic mass is 32.1. The fourth-order valence-electron chi connectivity index (χ4n) is 2.05. The second-order valence-corrected chi connectivity index (χ2v) is 5.99. The molecule has 0 aliphatic heterocycles. The first-order chi connectivity index (χ1) is 11.2. The Balaban J connectivity index is 1.64. The standard InChI is InChI=1S/C18H15N3OS/c1-13-20-17(12-23-13)15-3-5-16(6-4-15)21-18(22)7-2-14-8-10-19-11-9-14/h2-12H,1H3,(H,21,22)/b7-2+. The van der Waals surface area contributed by atoms with Crippen molar-refractivity contribution in [2.45, 2.75) is 6.92 Å². The molecule has 0 unspecified atom stereocenters. The highest BCUT2D eigenvalue weighted by Gasteiger charge is 2.03. The van der Waals surface area contributed by atoms with Crippen LogP contribution in [0.25, 0.3) is 17.3 Å². The number of amides is 1. The summed E-state index contributed by atoms with van der Waals surface area (Å²) in [5.74, 6) is -0.168. The molecule has 4 nitrogen and oxygen atoms in total. The molecule has 1 N–H and O–H groups in total. The molecule has 1 aromatic carbocycles. The number of nitrogens with zero attached hydrogens (tertiary/aromatic N) is 2. The van der Waals surface area contributed by atoms with Gasteiger partial charge < -0.3 is 5.32 Å². The minimum absolute atomic E-state index is 0.168. The van der Waals surface area contributed by atoms with Gasteiger partial charge in [0.2, 0.25) is 5.91 Å². The second-order valence-electron chi connectivity index (χ2n) is 4.93. The molecular formula is C18H15N3OS. The minimum Gasteiger partial charge on any atom is -0.323 e.